The number of nitrogens with one attached hydrogen (secondary N) is 1. The van der Waals surface area contributed by atoms with Crippen molar-refractivity contribution < 1.29 is 19.1 Å². The topological polar surface area (TPSA) is 64.6 Å². The molecule has 0 atom stereocenters. The van der Waals surface area contributed by atoms with E-state index < -0.39 is 17.2 Å². The van der Waals surface area contributed by atoms with Crippen molar-refractivity contribution in [3.63, 3.8) is 0 Å². The van der Waals surface area contributed by atoms with Crippen LogP contribution in [0.2, 0.25) is 0 Å². The van der Waals surface area contributed by atoms with Gasteiger partial charge >= 0.3 is 6.09 Å². The van der Waals surface area contributed by atoms with Crippen molar-refractivity contribution in [1.82, 2.24) is 5.32 Å². The molecule has 0 unspecified atom stereocenters. The van der Waals surface area contributed by atoms with Crippen LogP contribution in [-0.2, 0) is 9.47 Å². The van der Waals surface area contributed by atoms with Crippen molar-refractivity contribution in [3.05, 3.63) is 35.9 Å². The first-order chi connectivity index (χ1) is 10.1. The van der Waals surface area contributed by atoms with Crippen molar-refractivity contribution in [3.8, 4) is 0 Å². The largest absolute Gasteiger partial charge is 0.444 e. The fourth-order valence-corrected chi connectivity index (χ4v) is 1.72. The highest BCUT2D eigenvalue weighted by Gasteiger charge is 2.25. The Bertz CT molecular complexity index is 503. The van der Waals surface area contributed by atoms with E-state index in [1.807, 2.05) is 19.9 Å². The van der Waals surface area contributed by atoms with E-state index in [2.05, 4.69) is 5.32 Å². The van der Waals surface area contributed by atoms with Gasteiger partial charge in [0.2, 0.25) is 0 Å². The number of ether oxygens (including phenoxy) is 2. The van der Waals surface area contributed by atoms with E-state index >= 15 is 0 Å². The van der Waals surface area contributed by atoms with Gasteiger partial charge in [-0.2, -0.15) is 0 Å². The fraction of sp³-hybridized carbons (Fsp3) is 0.529. The van der Waals surface area contributed by atoms with Crippen molar-refractivity contribution in [2.75, 3.05) is 13.2 Å². The second-order valence-corrected chi connectivity index (χ2v) is 6.79. The van der Waals surface area contributed by atoms with Crippen molar-refractivity contribution in [1.29, 1.82) is 0 Å². The lowest BCUT2D eigenvalue weighted by molar-refractivity contribution is 0.0349. The maximum Gasteiger partial charge on any atom is 0.408 e. The van der Waals surface area contributed by atoms with Crippen LogP contribution in [0.4, 0.5) is 4.79 Å². The third-order valence-corrected chi connectivity index (χ3v) is 2.63. The van der Waals surface area contributed by atoms with Crippen LogP contribution in [0.15, 0.2) is 30.3 Å². The summed E-state index contributed by atoms with van der Waals surface area (Å²) >= 11 is 0. The number of carbonyl (C=O) groups is 2. The number of rotatable bonds is 6. The Morgan fingerprint density at radius 2 is 1.64 bits per heavy atom. The van der Waals surface area contributed by atoms with E-state index in [0.29, 0.717) is 5.56 Å². The molecule has 5 heteroatoms. The second-order valence-electron chi connectivity index (χ2n) is 6.79. The molecule has 5 nitrogen and oxygen atoms in total. The number of ketones is 1. The predicted molar refractivity (Wildman–Crippen MR) is 85.0 cm³/mol. The first-order valence-electron chi connectivity index (χ1n) is 7.26. The Morgan fingerprint density at radius 1 is 1.05 bits per heavy atom. The Labute approximate surface area is 132 Å². The van der Waals surface area contributed by atoms with Gasteiger partial charge in [-0.15, -0.1) is 0 Å². The normalized spacial score (nSPS) is 11.9. The van der Waals surface area contributed by atoms with Gasteiger partial charge in [0.1, 0.15) is 12.2 Å². The summed E-state index contributed by atoms with van der Waals surface area (Å²) in [5, 5.41) is 2.73. The average Bonchev–Trinajstić information content (AvgIpc) is 2.36. The Kier molecular flexibility index (Phi) is 6.11. The van der Waals surface area contributed by atoms with Crippen LogP contribution in [0.5, 0.6) is 0 Å². The van der Waals surface area contributed by atoms with E-state index in [1.54, 1.807) is 45.0 Å². The summed E-state index contributed by atoms with van der Waals surface area (Å²) in [6.45, 7) is 9.21. The SMILES string of the molecule is CC(C)(COCC(=O)c1ccccc1)NC(=O)OC(C)(C)C. The Morgan fingerprint density at radius 3 is 2.18 bits per heavy atom. The molecule has 0 radical (unpaired) electrons. The molecule has 0 aliphatic rings. The molecule has 0 spiro atoms. The molecule has 1 aromatic carbocycles. The van der Waals surface area contributed by atoms with Gasteiger partial charge in [-0.1, -0.05) is 30.3 Å². The summed E-state index contributed by atoms with van der Waals surface area (Å²) in [4.78, 5) is 23.6. The molecule has 0 saturated heterocycles. The van der Waals surface area contributed by atoms with Crippen molar-refractivity contribution in [2.24, 2.45) is 0 Å². The molecular formula is C17H25NO4. The van der Waals surface area contributed by atoms with Gasteiger partial charge in [0.05, 0.1) is 12.1 Å². The van der Waals surface area contributed by atoms with Crippen LogP contribution >= 0.6 is 0 Å². The van der Waals surface area contributed by atoms with Gasteiger partial charge < -0.3 is 14.8 Å². The van der Waals surface area contributed by atoms with Crippen LogP contribution in [0.3, 0.4) is 0 Å². The molecule has 0 aliphatic heterocycles. The minimum absolute atomic E-state index is 0.0244. The molecule has 0 aliphatic carbocycles. The predicted octanol–water partition coefficient (Wildman–Crippen LogP) is 3.19. The molecule has 0 saturated carbocycles. The summed E-state index contributed by atoms with van der Waals surface area (Å²) in [5.74, 6) is -0.0892. The van der Waals surface area contributed by atoms with E-state index in [-0.39, 0.29) is 19.0 Å². The van der Waals surface area contributed by atoms with E-state index in [4.69, 9.17) is 9.47 Å². The molecule has 22 heavy (non-hydrogen) atoms. The highest BCUT2D eigenvalue weighted by molar-refractivity contribution is 5.96. The minimum Gasteiger partial charge on any atom is -0.444 e. The molecule has 1 rings (SSSR count). The highest BCUT2D eigenvalue weighted by Crippen LogP contribution is 2.10. The van der Waals surface area contributed by atoms with Gasteiger partial charge in [0.25, 0.3) is 0 Å². The zero-order valence-corrected chi connectivity index (χ0v) is 13.9. The van der Waals surface area contributed by atoms with E-state index in [1.165, 1.54) is 0 Å². The lowest BCUT2D eigenvalue weighted by Crippen LogP contribution is -2.49. The fourth-order valence-electron chi connectivity index (χ4n) is 1.72. The van der Waals surface area contributed by atoms with Gasteiger partial charge in [0, 0.05) is 5.56 Å². The molecule has 1 aromatic rings. The molecule has 0 aromatic heterocycles. The third kappa shape index (κ3) is 7.22. The van der Waals surface area contributed by atoms with Crippen LogP contribution in [0, 0.1) is 0 Å². The smallest absolute Gasteiger partial charge is 0.408 e. The number of amides is 1. The number of hydrogen-bond donors (Lipinski definition) is 1. The Balaban J connectivity index is 2.39. The Hall–Kier alpha value is -1.88. The zero-order valence-electron chi connectivity index (χ0n) is 13.9. The summed E-state index contributed by atoms with van der Waals surface area (Å²) in [6, 6.07) is 8.96. The minimum atomic E-state index is -0.626. The molecule has 0 bridgehead atoms. The van der Waals surface area contributed by atoms with Crippen LogP contribution in [0.25, 0.3) is 0 Å². The molecule has 122 valence electrons. The maximum absolute atomic E-state index is 11.9. The molecule has 0 fully saturated rings. The summed E-state index contributed by atoms with van der Waals surface area (Å²) in [7, 11) is 0. The van der Waals surface area contributed by atoms with Crippen LogP contribution in [-0.4, -0.2) is 36.2 Å². The molecule has 1 amide bonds. The number of benzene rings is 1. The van der Waals surface area contributed by atoms with Crippen molar-refractivity contribution in [2.45, 2.75) is 45.8 Å². The monoisotopic (exact) mass is 307 g/mol. The van der Waals surface area contributed by atoms with Gasteiger partial charge in [-0.05, 0) is 34.6 Å². The standard InChI is InChI=1S/C17H25NO4/c1-16(2,3)22-15(20)18-17(4,5)12-21-11-14(19)13-9-7-6-8-10-13/h6-10H,11-12H2,1-5H3,(H,18,20). The highest BCUT2D eigenvalue weighted by atomic mass is 16.6. The van der Waals surface area contributed by atoms with E-state index in [0.717, 1.165) is 0 Å². The van der Waals surface area contributed by atoms with E-state index in [9.17, 15) is 9.59 Å². The van der Waals surface area contributed by atoms with Gasteiger partial charge in [-0.3, -0.25) is 4.79 Å². The van der Waals surface area contributed by atoms with Gasteiger partial charge in [-0.25, -0.2) is 4.79 Å². The number of hydrogen-bond acceptors (Lipinski definition) is 4. The van der Waals surface area contributed by atoms with Crippen LogP contribution in [0.1, 0.15) is 45.0 Å². The molecular weight excluding hydrogens is 282 g/mol. The molecule has 0 heterocycles. The quantitative estimate of drug-likeness (QED) is 0.820. The second kappa shape index (κ2) is 7.40. The first kappa shape index (κ1) is 18.2. The summed E-state index contributed by atoms with van der Waals surface area (Å²) in [6.07, 6.45) is -0.504. The van der Waals surface area contributed by atoms with Crippen molar-refractivity contribution >= 4 is 11.9 Å². The first-order valence-corrected chi connectivity index (χ1v) is 7.26. The number of Topliss-reactive ketones (excluding diaryl/α,β-unsaturated/α-hetero) is 1. The summed E-state index contributed by atoms with van der Waals surface area (Å²) in [5.41, 5.74) is -0.565. The zero-order chi connectivity index (χ0) is 16.8. The lowest BCUT2D eigenvalue weighted by atomic mass is 10.1. The third-order valence-electron chi connectivity index (χ3n) is 2.63. The molecule has 1 N–H and O–H groups in total. The average molecular weight is 307 g/mol. The summed E-state index contributed by atoms with van der Waals surface area (Å²) < 4.78 is 10.6. The lowest BCUT2D eigenvalue weighted by Gasteiger charge is -2.28. The van der Waals surface area contributed by atoms with Gasteiger partial charge in [0.15, 0.2) is 5.78 Å². The maximum atomic E-state index is 11.9. The number of carbonyl (C=O) groups excluding carboxylic acids is 2. The van der Waals surface area contributed by atoms with Crippen LogP contribution < -0.4 is 5.32 Å². The number of alkyl carbamates (subject to hydrolysis) is 1.